The molecule has 1 atom stereocenters. The van der Waals surface area contributed by atoms with Crippen molar-refractivity contribution < 1.29 is 13.5 Å². The van der Waals surface area contributed by atoms with Crippen molar-refractivity contribution in [1.82, 2.24) is 19.4 Å². The van der Waals surface area contributed by atoms with E-state index in [0.717, 1.165) is 35.9 Å². The molecule has 8 heteroatoms. The molecule has 0 saturated carbocycles. The van der Waals surface area contributed by atoms with Gasteiger partial charge in [-0.1, -0.05) is 6.07 Å². The Hall–Kier alpha value is -3.83. The number of nitriles is 1. The number of imidazole rings is 1. The number of hydrogen-bond donors (Lipinski definition) is 0. The van der Waals surface area contributed by atoms with E-state index in [9.17, 15) is 8.78 Å². The molecule has 2 aromatic carbocycles. The normalized spacial score (nSPS) is 16.0. The van der Waals surface area contributed by atoms with Gasteiger partial charge in [-0.05, 0) is 67.9 Å². The van der Waals surface area contributed by atoms with Gasteiger partial charge in [0.05, 0.1) is 40.6 Å². The van der Waals surface area contributed by atoms with E-state index in [2.05, 4.69) is 33.5 Å². The lowest BCUT2D eigenvalue weighted by molar-refractivity contribution is 0.284. The molecule has 178 valence electrons. The van der Waals surface area contributed by atoms with E-state index in [4.69, 9.17) is 15.0 Å². The van der Waals surface area contributed by atoms with Gasteiger partial charge in [0.25, 0.3) is 0 Å². The molecular weight excluding hydrogens is 448 g/mol. The first-order chi connectivity index (χ1) is 16.9. The third kappa shape index (κ3) is 4.73. The molecule has 1 aliphatic rings. The molecule has 2 aromatic heterocycles. The molecule has 35 heavy (non-hydrogen) atoms. The quantitative estimate of drug-likeness (QED) is 0.395. The number of ether oxygens (including phenoxy) is 1. The molecule has 0 N–H and O–H groups in total. The molecule has 1 aliphatic heterocycles. The summed E-state index contributed by atoms with van der Waals surface area (Å²) < 4.78 is 36.5. The minimum atomic E-state index is -0.616. The molecule has 1 fully saturated rings. The lowest BCUT2D eigenvalue weighted by atomic mass is 10.0. The number of pyridine rings is 1. The number of benzene rings is 2. The number of likely N-dealkylation sites (tertiary alicyclic amines) is 1. The first-order valence-corrected chi connectivity index (χ1v) is 11.5. The van der Waals surface area contributed by atoms with E-state index in [-0.39, 0.29) is 29.7 Å². The highest BCUT2D eigenvalue weighted by atomic mass is 19.1. The fourth-order valence-electron chi connectivity index (χ4n) is 4.60. The summed E-state index contributed by atoms with van der Waals surface area (Å²) in [6, 6.07) is 15.1. The van der Waals surface area contributed by atoms with Crippen LogP contribution in [0.1, 0.15) is 40.7 Å². The van der Waals surface area contributed by atoms with Gasteiger partial charge in [-0.15, -0.1) is 0 Å². The van der Waals surface area contributed by atoms with Crippen LogP contribution in [0.3, 0.4) is 0 Å². The van der Waals surface area contributed by atoms with Crippen LogP contribution in [-0.2, 0) is 20.2 Å². The highest BCUT2D eigenvalue weighted by molar-refractivity contribution is 5.76. The zero-order chi connectivity index (χ0) is 24.5. The average molecular weight is 474 g/mol. The lowest BCUT2D eigenvalue weighted by Crippen LogP contribution is -2.22. The number of nitrogens with zero attached hydrogens (tertiary/aromatic N) is 5. The predicted octanol–water partition coefficient (Wildman–Crippen LogP) is 5.00. The summed E-state index contributed by atoms with van der Waals surface area (Å²) >= 11 is 0. The zero-order valence-corrected chi connectivity index (χ0v) is 19.6. The van der Waals surface area contributed by atoms with E-state index in [1.54, 1.807) is 6.07 Å². The fraction of sp³-hybridized carbons (Fsp3) is 0.296. The topological polar surface area (TPSA) is 67.0 Å². The minimum Gasteiger partial charge on any atom is -0.484 e. The maximum Gasteiger partial charge on any atom is 0.166 e. The van der Waals surface area contributed by atoms with Crippen LogP contribution in [0.4, 0.5) is 8.78 Å². The van der Waals surface area contributed by atoms with Crippen LogP contribution < -0.4 is 4.74 Å². The smallest absolute Gasteiger partial charge is 0.166 e. The van der Waals surface area contributed by atoms with Crippen LogP contribution in [0.15, 0.2) is 48.5 Å². The van der Waals surface area contributed by atoms with Crippen LogP contribution in [-0.4, -0.2) is 32.5 Å². The van der Waals surface area contributed by atoms with E-state index < -0.39 is 5.82 Å². The number of fused-ring (bicyclic) bond motifs is 1. The summed E-state index contributed by atoms with van der Waals surface area (Å²) in [5.41, 5.74) is 4.43. The van der Waals surface area contributed by atoms with E-state index in [1.807, 2.05) is 19.2 Å². The Morgan fingerprint density at radius 3 is 2.74 bits per heavy atom. The summed E-state index contributed by atoms with van der Waals surface area (Å²) in [6.07, 6.45) is 0.793. The number of aromatic nitrogens is 3. The standard InChI is InChI=1S/C27H25F2N5O/c1-17-3-7-23-24(11-17)33(2)26(32-23)15-34-10-9-19(14-34)27-21(28)6-5-20(31-27)16-35-25-8-4-18(13-30)12-22(25)29/h3-8,11-12,19H,9-10,14-16H2,1-2H3. The monoisotopic (exact) mass is 473 g/mol. The van der Waals surface area contributed by atoms with Crippen molar-refractivity contribution in [2.45, 2.75) is 32.4 Å². The molecule has 4 aromatic rings. The van der Waals surface area contributed by atoms with Gasteiger partial charge in [0.15, 0.2) is 11.6 Å². The summed E-state index contributed by atoms with van der Waals surface area (Å²) in [7, 11) is 2.03. The van der Waals surface area contributed by atoms with Gasteiger partial charge >= 0.3 is 0 Å². The maximum absolute atomic E-state index is 14.7. The Morgan fingerprint density at radius 1 is 1.09 bits per heavy atom. The summed E-state index contributed by atoms with van der Waals surface area (Å²) in [6.45, 7) is 4.26. The van der Waals surface area contributed by atoms with Crippen LogP contribution >= 0.6 is 0 Å². The number of aryl methyl sites for hydroxylation is 2. The van der Waals surface area contributed by atoms with Gasteiger partial charge in [0.1, 0.15) is 18.2 Å². The van der Waals surface area contributed by atoms with Crippen molar-refractivity contribution >= 4 is 11.0 Å². The van der Waals surface area contributed by atoms with Crippen molar-refractivity contribution in [2.75, 3.05) is 13.1 Å². The highest BCUT2D eigenvalue weighted by Crippen LogP contribution is 2.30. The molecular formula is C27H25F2N5O. The highest BCUT2D eigenvalue weighted by Gasteiger charge is 2.28. The largest absolute Gasteiger partial charge is 0.484 e. The zero-order valence-electron chi connectivity index (χ0n) is 19.6. The molecule has 0 aliphatic carbocycles. The molecule has 1 saturated heterocycles. The third-order valence-corrected chi connectivity index (χ3v) is 6.52. The first kappa shape index (κ1) is 22.9. The second kappa shape index (κ2) is 9.43. The molecule has 1 unspecified atom stereocenters. The van der Waals surface area contributed by atoms with Crippen LogP contribution in [0, 0.1) is 29.9 Å². The summed E-state index contributed by atoms with van der Waals surface area (Å²) in [5, 5.41) is 8.87. The van der Waals surface area contributed by atoms with Gasteiger partial charge in [-0.25, -0.2) is 13.8 Å². The van der Waals surface area contributed by atoms with Crippen LogP contribution in [0.25, 0.3) is 11.0 Å². The Kier molecular flexibility index (Phi) is 6.18. The van der Waals surface area contributed by atoms with Crippen molar-refractivity contribution in [1.29, 1.82) is 5.26 Å². The second-order valence-electron chi connectivity index (χ2n) is 9.02. The Bertz CT molecular complexity index is 1440. The van der Waals surface area contributed by atoms with E-state index in [0.29, 0.717) is 24.5 Å². The van der Waals surface area contributed by atoms with Crippen molar-refractivity contribution in [2.24, 2.45) is 7.05 Å². The third-order valence-electron chi connectivity index (χ3n) is 6.52. The van der Waals surface area contributed by atoms with Crippen LogP contribution in [0.5, 0.6) is 5.75 Å². The molecule has 0 amide bonds. The minimum absolute atomic E-state index is 0.00576. The van der Waals surface area contributed by atoms with Crippen molar-refractivity contribution in [3.8, 4) is 11.8 Å². The van der Waals surface area contributed by atoms with Crippen molar-refractivity contribution in [3.05, 3.63) is 88.5 Å². The van der Waals surface area contributed by atoms with Gasteiger partial charge in [0.2, 0.25) is 0 Å². The predicted molar refractivity (Wildman–Crippen MR) is 128 cm³/mol. The lowest BCUT2D eigenvalue weighted by Gasteiger charge is -2.16. The molecule has 3 heterocycles. The van der Waals surface area contributed by atoms with Gasteiger partial charge in [0, 0.05) is 19.5 Å². The number of hydrogen-bond acceptors (Lipinski definition) is 5. The van der Waals surface area contributed by atoms with Gasteiger partial charge in [-0.3, -0.25) is 9.88 Å². The van der Waals surface area contributed by atoms with Crippen molar-refractivity contribution in [3.63, 3.8) is 0 Å². The van der Waals surface area contributed by atoms with E-state index in [1.165, 1.54) is 23.8 Å². The van der Waals surface area contributed by atoms with E-state index >= 15 is 0 Å². The number of halogens is 2. The molecule has 0 radical (unpaired) electrons. The molecule has 5 rings (SSSR count). The molecule has 0 bridgehead atoms. The molecule has 6 nitrogen and oxygen atoms in total. The Labute approximate surface area is 202 Å². The Balaban J connectivity index is 1.27. The number of rotatable bonds is 6. The summed E-state index contributed by atoms with van der Waals surface area (Å²) in [4.78, 5) is 11.6. The molecule has 0 spiro atoms. The first-order valence-electron chi connectivity index (χ1n) is 11.5. The maximum atomic E-state index is 14.7. The Morgan fingerprint density at radius 2 is 1.94 bits per heavy atom. The SMILES string of the molecule is Cc1ccc2nc(CN3CCC(c4nc(COc5ccc(C#N)cc5F)ccc4F)C3)n(C)c2c1. The van der Waals surface area contributed by atoms with Crippen LogP contribution in [0.2, 0.25) is 0 Å². The van der Waals surface area contributed by atoms with Gasteiger partial charge in [-0.2, -0.15) is 5.26 Å². The summed E-state index contributed by atoms with van der Waals surface area (Å²) in [5.74, 6) is 0.00412. The fourth-order valence-corrected chi connectivity index (χ4v) is 4.60. The second-order valence-corrected chi connectivity index (χ2v) is 9.02. The van der Waals surface area contributed by atoms with Gasteiger partial charge < -0.3 is 9.30 Å². The average Bonchev–Trinajstić information content (AvgIpc) is 3.44.